The topological polar surface area (TPSA) is 44.8 Å². The zero-order valence-corrected chi connectivity index (χ0v) is 13.3. The van der Waals surface area contributed by atoms with E-state index in [0.29, 0.717) is 19.0 Å². The van der Waals surface area contributed by atoms with Gasteiger partial charge >= 0.3 is 0 Å². The van der Waals surface area contributed by atoms with E-state index in [1.54, 1.807) is 6.92 Å². The highest BCUT2D eigenvalue weighted by Crippen LogP contribution is 2.15. The van der Waals surface area contributed by atoms with Crippen molar-refractivity contribution in [3.63, 3.8) is 0 Å². The third kappa shape index (κ3) is 9.64. The van der Waals surface area contributed by atoms with Crippen molar-refractivity contribution in [1.82, 2.24) is 0 Å². The molecule has 17 heavy (non-hydrogen) atoms. The van der Waals surface area contributed by atoms with Crippen LogP contribution < -0.4 is 0 Å². The normalized spacial score (nSPS) is 15.4. The van der Waals surface area contributed by atoms with Crippen molar-refractivity contribution in [2.24, 2.45) is 0 Å². The van der Waals surface area contributed by atoms with Crippen molar-refractivity contribution in [3.8, 4) is 0 Å². The fourth-order valence-corrected chi connectivity index (χ4v) is 2.15. The van der Waals surface area contributed by atoms with Crippen LogP contribution in [-0.2, 0) is 19.0 Å². The van der Waals surface area contributed by atoms with Gasteiger partial charge in [0.1, 0.15) is 6.61 Å². The minimum Gasteiger partial charge on any atom is -0.433 e. The maximum atomic E-state index is 10.4. The third-order valence-electron chi connectivity index (χ3n) is 2.14. The molecule has 0 aliphatic carbocycles. The lowest BCUT2D eigenvalue weighted by Crippen LogP contribution is -2.38. The molecular weight excluding hydrogens is 256 g/mol. The largest absolute Gasteiger partial charge is 0.433 e. The second kappa shape index (κ2) is 8.13. The smallest absolute Gasteiger partial charge is 0.295 e. The molecule has 0 saturated carbocycles. The second-order valence-electron chi connectivity index (χ2n) is 5.26. The van der Waals surface area contributed by atoms with Crippen molar-refractivity contribution >= 4 is 26.3 Å². The van der Waals surface area contributed by atoms with Crippen LogP contribution in [0.25, 0.3) is 0 Å². The molecule has 0 fully saturated rings. The van der Waals surface area contributed by atoms with Gasteiger partial charge in [0.05, 0.1) is 5.94 Å². The molecule has 0 aromatic rings. The predicted molar refractivity (Wildman–Crippen MR) is 74.0 cm³/mol. The molecule has 0 saturated heterocycles. The fraction of sp³-hybridized carbons (Fsp3) is 0.909. The Morgan fingerprint density at radius 1 is 1.35 bits per heavy atom. The number of carbonyl (C=O) groups is 1. The number of carbonyl (C=O) groups excluding carboxylic acids is 1. The van der Waals surface area contributed by atoms with E-state index in [2.05, 4.69) is 19.6 Å². The third-order valence-corrected chi connectivity index (χ3v) is 4.20. The summed E-state index contributed by atoms with van der Waals surface area (Å²) in [6.45, 7) is 9.96. The molecule has 1 atom stereocenters. The summed E-state index contributed by atoms with van der Waals surface area (Å²) in [6, 6.07) is 1.09. The summed E-state index contributed by atoms with van der Waals surface area (Å²) < 4.78 is 15.9. The molecule has 0 heterocycles. The number of hydrogen-bond acceptors (Lipinski definition) is 5. The summed E-state index contributed by atoms with van der Waals surface area (Å²) >= 11 is 1.53. The van der Waals surface area contributed by atoms with E-state index >= 15 is 0 Å². The van der Waals surface area contributed by atoms with Crippen LogP contribution >= 0.6 is 11.8 Å². The first-order chi connectivity index (χ1) is 7.83. The van der Waals surface area contributed by atoms with E-state index in [4.69, 9.17) is 14.2 Å². The standard InChI is InChI=1S/C11H24O4SSi/c1-11(14-9-12,15-10-16-2)8-13-6-7-17(3,4)5/h9H,6-8,10H2,1-5H3. The van der Waals surface area contributed by atoms with Gasteiger partial charge in [-0.25, -0.2) is 0 Å². The van der Waals surface area contributed by atoms with Crippen molar-refractivity contribution in [3.05, 3.63) is 0 Å². The van der Waals surface area contributed by atoms with Crippen LogP contribution in [0.3, 0.4) is 0 Å². The van der Waals surface area contributed by atoms with Crippen LogP contribution in [0.5, 0.6) is 0 Å². The van der Waals surface area contributed by atoms with Crippen molar-refractivity contribution in [1.29, 1.82) is 0 Å². The Kier molecular flexibility index (Phi) is 8.11. The Balaban J connectivity index is 3.95. The van der Waals surface area contributed by atoms with Gasteiger partial charge < -0.3 is 14.2 Å². The first-order valence-electron chi connectivity index (χ1n) is 5.65. The SMILES string of the molecule is CSCOC(C)(COCC[Si](C)(C)C)OC=O. The maximum absolute atomic E-state index is 10.4. The number of ether oxygens (including phenoxy) is 3. The first-order valence-corrected chi connectivity index (χ1v) is 10.8. The highest BCUT2D eigenvalue weighted by molar-refractivity contribution is 7.98. The van der Waals surface area contributed by atoms with E-state index in [1.165, 1.54) is 11.8 Å². The maximum Gasteiger partial charge on any atom is 0.295 e. The molecule has 0 radical (unpaired) electrons. The lowest BCUT2D eigenvalue weighted by molar-refractivity contribution is -0.224. The quantitative estimate of drug-likeness (QED) is 0.266. The number of rotatable bonds is 10. The predicted octanol–water partition coefficient (Wildman–Crippen LogP) is 2.57. The minimum atomic E-state index is -1.08. The second-order valence-corrected chi connectivity index (χ2v) is 11.7. The average Bonchev–Trinajstić information content (AvgIpc) is 2.21. The van der Waals surface area contributed by atoms with Crippen LogP contribution in [0.2, 0.25) is 25.7 Å². The van der Waals surface area contributed by atoms with Crippen LogP contribution in [0.4, 0.5) is 0 Å². The molecular formula is C11H24O4SSi. The summed E-state index contributed by atoms with van der Waals surface area (Å²) in [7, 11) is -1.08. The molecule has 0 spiro atoms. The Morgan fingerprint density at radius 2 is 2.00 bits per heavy atom. The number of hydrogen-bond donors (Lipinski definition) is 0. The minimum absolute atomic E-state index is 0.275. The highest BCUT2D eigenvalue weighted by Gasteiger charge is 2.27. The van der Waals surface area contributed by atoms with Gasteiger partial charge in [-0.05, 0) is 12.3 Å². The Labute approximate surface area is 109 Å². The van der Waals surface area contributed by atoms with Gasteiger partial charge in [-0.3, -0.25) is 4.79 Å². The Morgan fingerprint density at radius 3 is 2.47 bits per heavy atom. The fourth-order valence-electron chi connectivity index (χ4n) is 1.03. The molecule has 0 amide bonds. The van der Waals surface area contributed by atoms with E-state index < -0.39 is 13.9 Å². The highest BCUT2D eigenvalue weighted by atomic mass is 32.2. The van der Waals surface area contributed by atoms with E-state index in [1.807, 2.05) is 6.26 Å². The molecule has 0 aromatic carbocycles. The molecule has 0 aliphatic rings. The van der Waals surface area contributed by atoms with Crippen LogP contribution in [-0.4, -0.2) is 45.7 Å². The van der Waals surface area contributed by atoms with Gasteiger partial charge in [-0.15, -0.1) is 11.8 Å². The Hall–Kier alpha value is -0.0431. The van der Waals surface area contributed by atoms with E-state index in [9.17, 15) is 4.79 Å². The summed E-state index contributed by atoms with van der Waals surface area (Å²) in [4.78, 5) is 10.4. The molecule has 0 bridgehead atoms. The van der Waals surface area contributed by atoms with Gasteiger partial charge in [0.25, 0.3) is 6.47 Å². The Bertz CT molecular complexity index is 220. The molecule has 1 unspecified atom stereocenters. The van der Waals surface area contributed by atoms with Crippen molar-refractivity contribution in [2.45, 2.75) is 38.4 Å². The summed E-state index contributed by atoms with van der Waals surface area (Å²) in [5.41, 5.74) is 0. The van der Waals surface area contributed by atoms with E-state index in [-0.39, 0.29) is 6.61 Å². The first kappa shape index (κ1) is 17.0. The molecule has 0 rings (SSSR count). The number of thioether (sulfide) groups is 1. The van der Waals surface area contributed by atoms with E-state index in [0.717, 1.165) is 6.04 Å². The van der Waals surface area contributed by atoms with Crippen LogP contribution in [0.1, 0.15) is 6.92 Å². The molecule has 0 aromatic heterocycles. The lowest BCUT2D eigenvalue weighted by Gasteiger charge is -2.27. The monoisotopic (exact) mass is 280 g/mol. The molecule has 0 aliphatic heterocycles. The molecule has 0 N–H and O–H groups in total. The zero-order chi connectivity index (χ0) is 13.4. The lowest BCUT2D eigenvalue weighted by atomic mass is 10.3. The van der Waals surface area contributed by atoms with Gasteiger partial charge in [-0.2, -0.15) is 0 Å². The summed E-state index contributed by atoms with van der Waals surface area (Å²) in [6.07, 6.45) is 1.92. The molecule has 6 heteroatoms. The molecule has 4 nitrogen and oxygen atoms in total. The summed E-state index contributed by atoms with van der Waals surface area (Å²) in [5.74, 6) is -0.494. The van der Waals surface area contributed by atoms with Gasteiger partial charge in [0.15, 0.2) is 0 Å². The van der Waals surface area contributed by atoms with Crippen LogP contribution in [0, 0.1) is 0 Å². The average molecular weight is 280 g/mol. The van der Waals surface area contributed by atoms with Gasteiger partial charge in [-0.1, -0.05) is 19.6 Å². The zero-order valence-electron chi connectivity index (χ0n) is 11.4. The van der Waals surface area contributed by atoms with Crippen molar-refractivity contribution < 1.29 is 19.0 Å². The summed E-state index contributed by atoms with van der Waals surface area (Å²) in [5, 5.41) is 0. The van der Waals surface area contributed by atoms with Crippen LogP contribution in [0.15, 0.2) is 0 Å². The molecule has 102 valence electrons. The van der Waals surface area contributed by atoms with Gasteiger partial charge in [0, 0.05) is 21.6 Å². The van der Waals surface area contributed by atoms with Crippen molar-refractivity contribution in [2.75, 3.05) is 25.4 Å². The van der Waals surface area contributed by atoms with Gasteiger partial charge in [0.2, 0.25) is 5.79 Å².